The molecule has 32 heavy (non-hydrogen) atoms. The van der Waals surface area contributed by atoms with Gasteiger partial charge in [0.15, 0.2) is 0 Å². The molecule has 1 fully saturated rings. The van der Waals surface area contributed by atoms with E-state index in [0.29, 0.717) is 31.6 Å². The van der Waals surface area contributed by atoms with Crippen LogP contribution in [0.3, 0.4) is 0 Å². The van der Waals surface area contributed by atoms with Crippen LogP contribution in [0.15, 0.2) is 53.7 Å². The molecule has 0 aliphatic carbocycles. The molecule has 0 saturated carbocycles. The van der Waals surface area contributed by atoms with Gasteiger partial charge in [0.25, 0.3) is 0 Å². The van der Waals surface area contributed by atoms with Crippen LogP contribution in [0, 0.1) is 0 Å². The third kappa shape index (κ3) is 6.73. The molecule has 0 radical (unpaired) electrons. The van der Waals surface area contributed by atoms with Crippen LogP contribution in [0.5, 0.6) is 5.75 Å². The van der Waals surface area contributed by atoms with Crippen LogP contribution < -0.4 is 14.8 Å². The zero-order chi connectivity index (χ0) is 23.0. The second kappa shape index (κ2) is 11.4. The van der Waals surface area contributed by atoms with E-state index in [9.17, 15) is 18.3 Å². The Kier molecular flexibility index (Phi) is 8.57. The first-order chi connectivity index (χ1) is 15.4. The Bertz CT molecular complexity index is 986. The lowest BCUT2D eigenvalue weighted by Gasteiger charge is -2.36. The fourth-order valence-corrected chi connectivity index (χ4v) is 4.97. The van der Waals surface area contributed by atoms with E-state index in [4.69, 9.17) is 9.47 Å². The topological polar surface area (TPSA) is 127 Å². The van der Waals surface area contributed by atoms with Crippen molar-refractivity contribution in [3.8, 4) is 5.75 Å². The smallest absolute Gasteiger partial charge is 0.241 e. The van der Waals surface area contributed by atoms with E-state index >= 15 is 0 Å². The zero-order valence-corrected chi connectivity index (χ0v) is 18.8. The molecule has 10 heteroatoms. The highest BCUT2D eigenvalue weighted by molar-refractivity contribution is 7.89. The third-order valence-electron chi connectivity index (χ3n) is 5.36. The third-order valence-corrected chi connectivity index (χ3v) is 6.84. The number of sulfonamides is 1. The molecular formula is C22H29N3O6S. The normalized spacial score (nSPS) is 21.1. The summed E-state index contributed by atoms with van der Waals surface area (Å²) in [5.74, 6) is 0.354. The molecule has 1 aromatic heterocycles. The van der Waals surface area contributed by atoms with Gasteiger partial charge in [-0.2, -0.15) is 0 Å². The number of hydrogen-bond acceptors (Lipinski definition) is 7. The number of carbonyl (C=O) groups is 1. The Hall–Kier alpha value is -2.53. The van der Waals surface area contributed by atoms with Crippen LogP contribution in [0.2, 0.25) is 0 Å². The molecule has 2 heterocycles. The van der Waals surface area contributed by atoms with Gasteiger partial charge >= 0.3 is 0 Å². The number of nitrogens with zero attached hydrogens (tertiary/aromatic N) is 1. The van der Waals surface area contributed by atoms with Crippen molar-refractivity contribution in [3.63, 3.8) is 0 Å². The summed E-state index contributed by atoms with van der Waals surface area (Å²) >= 11 is 0. The molecule has 3 N–H and O–H groups in total. The molecule has 1 aliphatic heterocycles. The molecule has 174 valence electrons. The van der Waals surface area contributed by atoms with Gasteiger partial charge in [-0.15, -0.1) is 0 Å². The maximum atomic E-state index is 12.8. The van der Waals surface area contributed by atoms with Gasteiger partial charge in [-0.25, -0.2) is 13.1 Å². The lowest BCUT2D eigenvalue weighted by Crippen LogP contribution is -2.51. The maximum Gasteiger partial charge on any atom is 0.241 e. The van der Waals surface area contributed by atoms with Crippen molar-refractivity contribution < 1.29 is 27.8 Å². The van der Waals surface area contributed by atoms with Crippen molar-refractivity contribution >= 4 is 15.9 Å². The first-order valence-corrected chi connectivity index (χ1v) is 12.0. The van der Waals surface area contributed by atoms with E-state index < -0.39 is 22.2 Å². The molecule has 1 amide bonds. The number of methoxy groups -OCH3 is 1. The number of aliphatic hydroxyl groups excluding tert-OH is 1. The number of carbonyl (C=O) groups excluding carboxylic acids is 1. The molecule has 1 aliphatic rings. The fourth-order valence-electron chi connectivity index (χ4n) is 3.64. The molecule has 2 aromatic rings. The van der Waals surface area contributed by atoms with Gasteiger partial charge in [0.2, 0.25) is 15.9 Å². The number of hydrogen-bond donors (Lipinski definition) is 3. The average molecular weight is 464 g/mol. The Labute approximate surface area is 188 Å². The number of pyridine rings is 1. The zero-order valence-electron chi connectivity index (χ0n) is 17.9. The predicted molar refractivity (Wildman–Crippen MR) is 118 cm³/mol. The Morgan fingerprint density at radius 1 is 1.25 bits per heavy atom. The molecule has 0 unspecified atom stereocenters. The Morgan fingerprint density at radius 2 is 2.03 bits per heavy atom. The highest BCUT2D eigenvalue weighted by Gasteiger charge is 2.34. The summed E-state index contributed by atoms with van der Waals surface area (Å²) in [4.78, 5) is 16.1. The SMILES string of the molecule is COc1cccc(S(=O)(=O)N[C@@H]2CC[C@@H](CCNC(=O)Cc3ccncc3)O[C@@H]2CO)c1. The number of rotatable bonds is 10. The van der Waals surface area contributed by atoms with Crippen LogP contribution in [0.25, 0.3) is 0 Å². The van der Waals surface area contributed by atoms with E-state index in [2.05, 4.69) is 15.0 Å². The molecule has 9 nitrogen and oxygen atoms in total. The minimum Gasteiger partial charge on any atom is -0.497 e. The quantitative estimate of drug-likeness (QED) is 0.480. The van der Waals surface area contributed by atoms with Crippen molar-refractivity contribution in [2.24, 2.45) is 0 Å². The molecule has 3 rings (SSSR count). The van der Waals surface area contributed by atoms with Crippen LogP contribution in [0.1, 0.15) is 24.8 Å². The molecular weight excluding hydrogens is 434 g/mol. The van der Waals surface area contributed by atoms with Gasteiger partial charge in [0.05, 0.1) is 43.3 Å². The van der Waals surface area contributed by atoms with E-state index in [0.717, 1.165) is 5.56 Å². The lowest BCUT2D eigenvalue weighted by atomic mass is 9.98. The van der Waals surface area contributed by atoms with Crippen LogP contribution in [-0.4, -0.2) is 62.9 Å². The van der Waals surface area contributed by atoms with Crippen LogP contribution in [-0.2, 0) is 26.0 Å². The summed E-state index contributed by atoms with van der Waals surface area (Å²) in [6, 6.07) is 9.24. The van der Waals surface area contributed by atoms with Gasteiger partial charge in [-0.1, -0.05) is 6.07 Å². The minimum absolute atomic E-state index is 0.0883. The van der Waals surface area contributed by atoms with Crippen LogP contribution in [0.4, 0.5) is 0 Å². The van der Waals surface area contributed by atoms with Crippen molar-refractivity contribution in [2.75, 3.05) is 20.3 Å². The molecule has 3 atom stereocenters. The number of aliphatic hydroxyl groups is 1. The van der Waals surface area contributed by atoms with Gasteiger partial charge in [0, 0.05) is 25.0 Å². The lowest BCUT2D eigenvalue weighted by molar-refractivity contribution is -0.121. The standard InChI is InChI=1S/C22H29N3O6S/c1-30-18-3-2-4-19(14-18)32(28,29)25-20-6-5-17(31-21(20)15-26)9-12-24-22(27)13-16-7-10-23-11-8-16/h2-4,7-8,10-11,14,17,20-21,25-26H,5-6,9,12-13,15H2,1H3,(H,24,27)/t17-,20+,21+/m0/s1. The number of benzene rings is 1. The molecule has 1 aromatic carbocycles. The minimum atomic E-state index is -3.79. The number of nitrogens with one attached hydrogen (secondary N) is 2. The van der Waals surface area contributed by atoms with Gasteiger partial charge < -0.3 is 19.9 Å². The van der Waals surface area contributed by atoms with Crippen LogP contribution >= 0.6 is 0 Å². The van der Waals surface area contributed by atoms with Gasteiger partial charge in [-0.05, 0) is 49.1 Å². The number of aromatic nitrogens is 1. The summed E-state index contributed by atoms with van der Waals surface area (Å²) in [5, 5.41) is 12.6. The van der Waals surface area contributed by atoms with Gasteiger partial charge in [-0.3, -0.25) is 9.78 Å². The first kappa shape index (κ1) is 24.1. The first-order valence-electron chi connectivity index (χ1n) is 10.5. The summed E-state index contributed by atoms with van der Waals surface area (Å²) in [6.45, 7) is 0.128. The van der Waals surface area contributed by atoms with E-state index in [1.54, 1.807) is 36.7 Å². The summed E-state index contributed by atoms with van der Waals surface area (Å²) < 4.78 is 39.2. The predicted octanol–water partition coefficient (Wildman–Crippen LogP) is 1.03. The van der Waals surface area contributed by atoms with Crippen molar-refractivity contribution in [3.05, 3.63) is 54.4 Å². The molecule has 0 spiro atoms. The second-order valence-corrected chi connectivity index (χ2v) is 9.35. The van der Waals surface area contributed by atoms with E-state index in [1.165, 1.54) is 19.2 Å². The average Bonchev–Trinajstić information content (AvgIpc) is 2.80. The van der Waals surface area contributed by atoms with Gasteiger partial charge in [0.1, 0.15) is 5.75 Å². The molecule has 0 bridgehead atoms. The molecule has 1 saturated heterocycles. The van der Waals surface area contributed by atoms with Crippen molar-refractivity contribution in [2.45, 2.75) is 48.8 Å². The summed E-state index contributed by atoms with van der Waals surface area (Å²) in [7, 11) is -2.32. The second-order valence-electron chi connectivity index (χ2n) is 7.63. The van der Waals surface area contributed by atoms with Crippen molar-refractivity contribution in [1.82, 2.24) is 15.0 Å². The summed E-state index contributed by atoms with van der Waals surface area (Å²) in [6.07, 6.45) is 4.44. The number of amides is 1. The van der Waals surface area contributed by atoms with Crippen molar-refractivity contribution in [1.29, 1.82) is 0 Å². The number of ether oxygens (including phenoxy) is 2. The summed E-state index contributed by atoms with van der Waals surface area (Å²) in [5.41, 5.74) is 0.887. The Morgan fingerprint density at radius 3 is 2.75 bits per heavy atom. The largest absolute Gasteiger partial charge is 0.497 e. The maximum absolute atomic E-state index is 12.8. The van der Waals surface area contributed by atoms with E-state index in [-0.39, 0.29) is 29.9 Å². The monoisotopic (exact) mass is 463 g/mol. The Balaban J connectivity index is 1.48. The highest BCUT2D eigenvalue weighted by atomic mass is 32.2. The van der Waals surface area contributed by atoms with E-state index in [1.807, 2.05) is 0 Å². The fraction of sp³-hybridized carbons (Fsp3) is 0.455. The highest BCUT2D eigenvalue weighted by Crippen LogP contribution is 2.24.